The predicted molar refractivity (Wildman–Crippen MR) is 33.7 cm³/mol. The molecule has 2 nitrogen and oxygen atoms in total. The van der Waals surface area contributed by atoms with Crippen molar-refractivity contribution in [3.05, 3.63) is 17.7 Å². The van der Waals surface area contributed by atoms with E-state index in [0.29, 0.717) is 0 Å². The Bertz CT molecular complexity index is 279. The Morgan fingerprint density at radius 2 is 1.64 bits per heavy atom. The molecule has 0 atom stereocenters. The molecule has 0 radical (unpaired) electrons. The van der Waals surface area contributed by atoms with Crippen molar-refractivity contribution in [3.8, 4) is 0 Å². The molecule has 0 bridgehead atoms. The van der Waals surface area contributed by atoms with Crippen LogP contribution in [0, 0.1) is 17.7 Å². The highest BCUT2D eigenvalue weighted by Crippen LogP contribution is 2.21. The predicted octanol–water partition coefficient (Wildman–Crippen LogP) is 1.62. The van der Waals surface area contributed by atoms with E-state index in [1.165, 1.54) is 6.26 Å². The summed E-state index contributed by atoms with van der Waals surface area (Å²) in [6.07, 6.45) is 1.42. The number of aromatic nitrogens is 2. The summed E-state index contributed by atoms with van der Waals surface area (Å²) in [5, 5.41) is 5.36. The van der Waals surface area contributed by atoms with Crippen LogP contribution in [0.5, 0.6) is 0 Å². The highest BCUT2D eigenvalue weighted by atomic mass is 32.2. The van der Waals surface area contributed by atoms with Crippen molar-refractivity contribution in [2.45, 2.75) is 4.90 Å². The van der Waals surface area contributed by atoms with E-state index in [2.05, 4.69) is 10.2 Å². The number of halogens is 3. The lowest BCUT2D eigenvalue weighted by atomic mass is 10.5. The van der Waals surface area contributed by atoms with Gasteiger partial charge in [-0.2, -0.15) is 8.78 Å². The molecular weight excluding hydrogens is 177 g/mol. The maximum Gasteiger partial charge on any atom is 0.270 e. The first-order valence-corrected chi connectivity index (χ1v) is 3.80. The molecule has 11 heavy (non-hydrogen) atoms. The van der Waals surface area contributed by atoms with Crippen LogP contribution in [-0.2, 0) is 0 Å². The van der Waals surface area contributed by atoms with E-state index in [-0.39, 0.29) is 0 Å². The second-order valence-corrected chi connectivity index (χ2v) is 2.45. The second kappa shape index (κ2) is 3.08. The molecule has 0 saturated carbocycles. The van der Waals surface area contributed by atoms with Crippen LogP contribution in [-0.4, -0.2) is 16.5 Å². The molecule has 0 amide bonds. The Morgan fingerprint density at radius 1 is 1.09 bits per heavy atom. The quantitative estimate of drug-likeness (QED) is 0.614. The summed E-state index contributed by atoms with van der Waals surface area (Å²) in [5.41, 5.74) is 0. The summed E-state index contributed by atoms with van der Waals surface area (Å²) in [4.78, 5) is -0.447. The molecule has 0 aliphatic heterocycles. The van der Waals surface area contributed by atoms with Gasteiger partial charge in [-0.3, -0.25) is 0 Å². The Hall–Kier alpha value is -0.780. The minimum atomic E-state index is -1.38. The lowest BCUT2D eigenvalue weighted by Crippen LogP contribution is -2.00. The Labute approximate surface area is 64.8 Å². The highest BCUT2D eigenvalue weighted by molar-refractivity contribution is 7.98. The van der Waals surface area contributed by atoms with E-state index in [1.54, 1.807) is 0 Å². The molecule has 0 aliphatic rings. The van der Waals surface area contributed by atoms with Gasteiger partial charge in [0, 0.05) is 0 Å². The van der Waals surface area contributed by atoms with Crippen molar-refractivity contribution < 1.29 is 13.2 Å². The van der Waals surface area contributed by atoms with Crippen molar-refractivity contribution >= 4 is 11.8 Å². The molecule has 1 rings (SSSR count). The van der Waals surface area contributed by atoms with Crippen molar-refractivity contribution in [1.82, 2.24) is 10.2 Å². The zero-order valence-electron chi connectivity index (χ0n) is 5.44. The minimum Gasteiger partial charge on any atom is -0.200 e. The molecule has 0 aliphatic carbocycles. The van der Waals surface area contributed by atoms with Gasteiger partial charge in [-0.05, 0) is 6.26 Å². The van der Waals surface area contributed by atoms with Gasteiger partial charge in [0.1, 0.15) is 4.90 Å². The second-order valence-electron chi connectivity index (χ2n) is 1.63. The normalized spacial score (nSPS) is 10.2. The van der Waals surface area contributed by atoms with Crippen LogP contribution in [0.4, 0.5) is 13.2 Å². The Balaban J connectivity index is 3.29. The monoisotopic (exact) mass is 180 g/mol. The van der Waals surface area contributed by atoms with Gasteiger partial charge in [0.2, 0.25) is 5.95 Å². The van der Waals surface area contributed by atoms with E-state index < -0.39 is 22.6 Å². The summed E-state index contributed by atoms with van der Waals surface area (Å²) in [5.74, 6) is -3.75. The molecule has 1 heterocycles. The maximum absolute atomic E-state index is 12.5. The fourth-order valence-electron chi connectivity index (χ4n) is 0.535. The molecule has 0 spiro atoms. The zero-order valence-corrected chi connectivity index (χ0v) is 6.25. The van der Waals surface area contributed by atoms with E-state index in [4.69, 9.17) is 0 Å². The van der Waals surface area contributed by atoms with E-state index in [0.717, 1.165) is 11.8 Å². The minimum absolute atomic E-state index is 0.447. The first-order chi connectivity index (χ1) is 5.16. The third-order valence-corrected chi connectivity index (χ3v) is 1.75. The van der Waals surface area contributed by atoms with Crippen molar-refractivity contribution in [2.75, 3.05) is 6.26 Å². The lowest BCUT2D eigenvalue weighted by Gasteiger charge is -1.97. The van der Waals surface area contributed by atoms with Gasteiger partial charge < -0.3 is 0 Å². The molecular formula is C5H3F3N2S. The fraction of sp³-hybridized carbons (Fsp3) is 0.200. The van der Waals surface area contributed by atoms with Crippen LogP contribution in [0.15, 0.2) is 4.90 Å². The van der Waals surface area contributed by atoms with Crippen LogP contribution < -0.4 is 0 Å². The smallest absolute Gasteiger partial charge is 0.200 e. The Morgan fingerprint density at radius 3 is 2.09 bits per heavy atom. The van der Waals surface area contributed by atoms with Crippen LogP contribution in [0.1, 0.15) is 0 Å². The van der Waals surface area contributed by atoms with Gasteiger partial charge >= 0.3 is 0 Å². The van der Waals surface area contributed by atoms with Crippen molar-refractivity contribution in [1.29, 1.82) is 0 Å². The van der Waals surface area contributed by atoms with Crippen molar-refractivity contribution in [3.63, 3.8) is 0 Å². The number of hydrogen-bond donors (Lipinski definition) is 0. The number of nitrogens with zero attached hydrogens (tertiary/aromatic N) is 2. The van der Waals surface area contributed by atoms with Gasteiger partial charge in [-0.25, -0.2) is 4.39 Å². The molecule has 6 heteroatoms. The lowest BCUT2D eigenvalue weighted by molar-refractivity contribution is 0.407. The molecule has 0 saturated heterocycles. The fourth-order valence-corrected chi connectivity index (χ4v) is 1.01. The maximum atomic E-state index is 12.5. The van der Waals surface area contributed by atoms with Crippen molar-refractivity contribution in [2.24, 2.45) is 0 Å². The molecule has 1 aromatic rings. The largest absolute Gasteiger partial charge is 0.270 e. The average Bonchev–Trinajstić information content (AvgIpc) is 1.99. The van der Waals surface area contributed by atoms with E-state index in [1.807, 2.05) is 0 Å². The third-order valence-electron chi connectivity index (χ3n) is 0.998. The van der Waals surface area contributed by atoms with Crippen LogP contribution >= 0.6 is 11.8 Å². The molecule has 0 aromatic carbocycles. The van der Waals surface area contributed by atoms with Gasteiger partial charge in [0.15, 0.2) is 5.82 Å². The third kappa shape index (κ3) is 1.45. The number of rotatable bonds is 1. The summed E-state index contributed by atoms with van der Waals surface area (Å²) in [6.45, 7) is 0. The standard InChI is InChI=1S/C5H3F3N2S/c1-11-3-2(6)4(7)9-10-5(3)8/h1H3. The van der Waals surface area contributed by atoms with Crippen LogP contribution in [0.25, 0.3) is 0 Å². The topological polar surface area (TPSA) is 25.8 Å². The molecule has 1 aromatic heterocycles. The van der Waals surface area contributed by atoms with Gasteiger partial charge in [-0.15, -0.1) is 22.0 Å². The molecule has 60 valence electrons. The molecule has 0 unspecified atom stereocenters. The highest BCUT2D eigenvalue weighted by Gasteiger charge is 2.14. The van der Waals surface area contributed by atoms with Crippen LogP contribution in [0.3, 0.4) is 0 Å². The number of hydrogen-bond acceptors (Lipinski definition) is 3. The summed E-state index contributed by atoms with van der Waals surface area (Å²) < 4.78 is 37.2. The molecule has 0 fully saturated rings. The summed E-state index contributed by atoms with van der Waals surface area (Å²) >= 11 is 0.744. The van der Waals surface area contributed by atoms with E-state index in [9.17, 15) is 13.2 Å². The van der Waals surface area contributed by atoms with E-state index >= 15 is 0 Å². The van der Waals surface area contributed by atoms with Crippen LogP contribution in [0.2, 0.25) is 0 Å². The number of thioether (sulfide) groups is 1. The first-order valence-electron chi connectivity index (χ1n) is 2.58. The Kier molecular flexibility index (Phi) is 2.33. The first kappa shape index (κ1) is 8.32. The zero-order chi connectivity index (χ0) is 8.43. The van der Waals surface area contributed by atoms with Gasteiger partial charge in [0.25, 0.3) is 5.95 Å². The summed E-state index contributed by atoms with van der Waals surface area (Å²) in [7, 11) is 0. The summed E-state index contributed by atoms with van der Waals surface area (Å²) in [6, 6.07) is 0. The molecule has 0 N–H and O–H groups in total. The van der Waals surface area contributed by atoms with Gasteiger partial charge in [-0.1, -0.05) is 0 Å². The average molecular weight is 180 g/mol. The van der Waals surface area contributed by atoms with Gasteiger partial charge in [0.05, 0.1) is 0 Å². The SMILES string of the molecule is CSc1c(F)nnc(F)c1F.